The van der Waals surface area contributed by atoms with Crippen molar-refractivity contribution in [1.29, 1.82) is 0 Å². The number of carbonyl (C=O) groups is 4. The maximum absolute atomic E-state index is 14.8. The fraction of sp³-hybridized carbons (Fsp3) is 0.486. The van der Waals surface area contributed by atoms with Crippen LogP contribution in [0.5, 0.6) is 5.88 Å². The van der Waals surface area contributed by atoms with Gasteiger partial charge in [0.05, 0.1) is 17.3 Å². The van der Waals surface area contributed by atoms with Crippen molar-refractivity contribution in [2.75, 3.05) is 6.54 Å². The van der Waals surface area contributed by atoms with Gasteiger partial charge in [-0.25, -0.2) is 27.8 Å². The van der Waals surface area contributed by atoms with Crippen molar-refractivity contribution in [3.05, 3.63) is 70.6 Å². The van der Waals surface area contributed by atoms with Crippen molar-refractivity contribution in [1.82, 2.24) is 35.2 Å². The number of thiazole rings is 1. The number of hydrogen-bond acceptors (Lipinski definition) is 11. The lowest BCUT2D eigenvalue weighted by atomic mass is 9.62. The normalized spacial score (nSPS) is 26.5. The summed E-state index contributed by atoms with van der Waals surface area (Å²) in [5.41, 5.74) is -0.221. The maximum Gasteiger partial charge on any atom is 0.280 e. The largest absolute Gasteiger partial charge is 0.471 e. The highest BCUT2D eigenvalue weighted by Crippen LogP contribution is 2.45. The van der Waals surface area contributed by atoms with Crippen LogP contribution in [0.25, 0.3) is 11.0 Å². The minimum atomic E-state index is -3.97. The molecule has 4 heterocycles. The number of sulfonamides is 1. The van der Waals surface area contributed by atoms with E-state index in [9.17, 15) is 32.0 Å². The standard InChI is InChI=1S/C37H42FN7O7S2/c1-3-26-33(42-30-25(38)11-9-13-27(30)40-26)52-22-18-29-31(46)43-37(36(49)44-54(50,51)23-14-15-23)19-21(2)24(37)10-7-5-4-6-8-12-28(35(48)45(29)20-22)41-32(47)34-39-16-17-53-34/h7,9-11,13,16-17,22-24,28-29H,2-6,8,12,14-15,18-20H2,1H3,(H,41,47)(H,43,46)(H,44,49). The predicted octanol–water partition coefficient (Wildman–Crippen LogP) is 3.49. The summed E-state index contributed by atoms with van der Waals surface area (Å²) < 4.78 is 49.3. The summed E-state index contributed by atoms with van der Waals surface area (Å²) in [6.07, 6.45) is 8.55. The van der Waals surface area contributed by atoms with Gasteiger partial charge in [0, 0.05) is 30.3 Å². The second-order valence-electron chi connectivity index (χ2n) is 14.3. The zero-order chi connectivity index (χ0) is 38.2. The number of aryl methyl sites for hydroxylation is 1. The molecule has 1 aromatic carbocycles. The highest BCUT2D eigenvalue weighted by atomic mass is 32.2. The molecule has 7 rings (SSSR count). The molecule has 54 heavy (non-hydrogen) atoms. The van der Waals surface area contributed by atoms with E-state index in [0.29, 0.717) is 48.9 Å². The van der Waals surface area contributed by atoms with Crippen molar-refractivity contribution in [2.24, 2.45) is 5.92 Å². The van der Waals surface area contributed by atoms with Crippen LogP contribution in [-0.4, -0.2) is 87.4 Å². The number of aromatic nitrogens is 3. The van der Waals surface area contributed by atoms with E-state index >= 15 is 0 Å². The SMILES string of the molecule is C=C1CC2(C(=O)NS(=O)(=O)C3CC3)NC(=O)C3CC(Oc4nc5c(F)cccc5nc4CC)CN3C(=O)C(NC(=O)c3nccs3)CCCCCC=CC12. The molecule has 2 saturated carbocycles. The Hall–Kier alpha value is -4.77. The third-order valence-electron chi connectivity index (χ3n) is 10.5. The molecule has 17 heteroatoms. The molecule has 3 fully saturated rings. The van der Waals surface area contributed by atoms with Gasteiger partial charge in [-0.3, -0.25) is 23.9 Å². The number of carbonyl (C=O) groups excluding carboxylic acids is 4. The predicted molar refractivity (Wildman–Crippen MR) is 197 cm³/mol. The number of hydrogen-bond donors (Lipinski definition) is 3. The number of allylic oxidation sites excluding steroid dienone is 1. The van der Waals surface area contributed by atoms with E-state index in [-0.39, 0.29) is 42.2 Å². The van der Waals surface area contributed by atoms with Crippen molar-refractivity contribution in [3.63, 3.8) is 0 Å². The van der Waals surface area contributed by atoms with Crippen molar-refractivity contribution in [3.8, 4) is 5.88 Å². The van der Waals surface area contributed by atoms with Gasteiger partial charge in [0.2, 0.25) is 27.7 Å². The summed E-state index contributed by atoms with van der Waals surface area (Å²) >= 11 is 1.13. The number of amides is 4. The quantitative estimate of drug-likeness (QED) is 0.286. The number of benzene rings is 1. The molecule has 3 N–H and O–H groups in total. The Kier molecular flexibility index (Phi) is 10.5. The van der Waals surface area contributed by atoms with Gasteiger partial charge in [0.15, 0.2) is 10.8 Å². The lowest BCUT2D eigenvalue weighted by molar-refractivity contribution is -0.143. The zero-order valence-corrected chi connectivity index (χ0v) is 31.4. The molecular weight excluding hydrogens is 738 g/mol. The van der Waals surface area contributed by atoms with Crippen LogP contribution in [-0.2, 0) is 30.8 Å². The van der Waals surface area contributed by atoms with Crippen LogP contribution < -0.4 is 20.1 Å². The average Bonchev–Trinajstić information content (AvgIpc) is 3.71. The van der Waals surface area contributed by atoms with Crippen LogP contribution in [0.3, 0.4) is 0 Å². The van der Waals surface area contributed by atoms with Gasteiger partial charge in [0.25, 0.3) is 11.8 Å². The minimum Gasteiger partial charge on any atom is -0.471 e. The lowest BCUT2D eigenvalue weighted by Gasteiger charge is -2.49. The van der Waals surface area contributed by atoms with Crippen LogP contribution in [0.15, 0.2) is 54.1 Å². The number of para-hydroxylation sites is 1. The third-order valence-corrected chi connectivity index (χ3v) is 13.1. The van der Waals surface area contributed by atoms with Crippen molar-refractivity contribution < 1.29 is 36.7 Å². The summed E-state index contributed by atoms with van der Waals surface area (Å²) in [5, 5.41) is 6.85. The summed E-state index contributed by atoms with van der Waals surface area (Å²) in [4.78, 5) is 70.7. The van der Waals surface area contributed by atoms with Gasteiger partial charge in [-0.15, -0.1) is 11.3 Å². The molecule has 0 radical (unpaired) electrons. The van der Waals surface area contributed by atoms with E-state index in [1.54, 1.807) is 17.5 Å². The number of nitrogens with one attached hydrogen (secondary N) is 3. The first-order valence-electron chi connectivity index (χ1n) is 18.2. The molecule has 5 unspecified atom stereocenters. The Morgan fingerprint density at radius 1 is 1.17 bits per heavy atom. The van der Waals surface area contributed by atoms with Gasteiger partial charge >= 0.3 is 0 Å². The van der Waals surface area contributed by atoms with Crippen LogP contribution in [0, 0.1) is 11.7 Å². The third kappa shape index (κ3) is 7.47. The summed E-state index contributed by atoms with van der Waals surface area (Å²) in [5.74, 6) is -3.85. The van der Waals surface area contributed by atoms with Gasteiger partial charge in [-0.05, 0) is 50.7 Å². The van der Waals surface area contributed by atoms with Crippen LogP contribution in [0.2, 0.25) is 0 Å². The molecule has 0 spiro atoms. The number of nitrogens with zero attached hydrogens (tertiary/aromatic N) is 4. The first kappa shape index (κ1) is 37.5. The summed E-state index contributed by atoms with van der Waals surface area (Å²) in [6.45, 7) is 5.84. The molecule has 0 bridgehead atoms. The average molecular weight is 780 g/mol. The molecular formula is C37H42FN7O7S2. The summed E-state index contributed by atoms with van der Waals surface area (Å²) in [6, 6.07) is 2.22. The topological polar surface area (TPSA) is 190 Å². The maximum atomic E-state index is 14.8. The Morgan fingerprint density at radius 2 is 1.98 bits per heavy atom. The molecule has 4 amide bonds. The van der Waals surface area contributed by atoms with Crippen molar-refractivity contribution >= 4 is 56.0 Å². The fourth-order valence-electron chi connectivity index (χ4n) is 7.44. The molecule has 2 aromatic heterocycles. The van der Waals surface area contributed by atoms with E-state index in [1.807, 2.05) is 13.0 Å². The zero-order valence-electron chi connectivity index (χ0n) is 29.8. The Labute approximate surface area is 316 Å². The van der Waals surface area contributed by atoms with Gasteiger partial charge in [-0.1, -0.05) is 50.1 Å². The highest BCUT2D eigenvalue weighted by molar-refractivity contribution is 7.91. The second-order valence-corrected chi connectivity index (χ2v) is 17.2. The van der Waals surface area contributed by atoms with E-state index in [0.717, 1.165) is 24.2 Å². The molecule has 3 aromatic rings. The van der Waals surface area contributed by atoms with E-state index in [2.05, 4.69) is 36.9 Å². The molecule has 1 saturated heterocycles. The smallest absolute Gasteiger partial charge is 0.280 e. The molecule has 2 aliphatic carbocycles. The highest BCUT2D eigenvalue weighted by Gasteiger charge is 2.58. The Bertz CT molecular complexity index is 2120. The van der Waals surface area contributed by atoms with Gasteiger partial charge < -0.3 is 20.3 Å². The first-order chi connectivity index (χ1) is 25.9. The van der Waals surface area contributed by atoms with Crippen LogP contribution in [0.4, 0.5) is 4.39 Å². The Morgan fingerprint density at radius 3 is 2.70 bits per heavy atom. The lowest BCUT2D eigenvalue weighted by Crippen LogP contribution is -2.70. The molecule has 2 aliphatic heterocycles. The van der Waals surface area contributed by atoms with Crippen LogP contribution in [0.1, 0.15) is 80.2 Å². The summed E-state index contributed by atoms with van der Waals surface area (Å²) in [7, 11) is -3.97. The first-order valence-corrected chi connectivity index (χ1v) is 20.7. The second kappa shape index (κ2) is 15.2. The molecule has 5 atom stereocenters. The molecule has 286 valence electrons. The van der Waals surface area contributed by atoms with Gasteiger partial charge in [-0.2, -0.15) is 0 Å². The monoisotopic (exact) mass is 779 g/mol. The number of ether oxygens (including phenoxy) is 1. The number of fused-ring (bicyclic) bond motifs is 3. The molecule has 14 nitrogen and oxygen atoms in total. The number of rotatable bonds is 8. The van der Waals surface area contributed by atoms with E-state index < -0.39 is 74.4 Å². The molecule has 4 aliphatic rings. The fourth-order valence-corrected chi connectivity index (χ4v) is 9.34. The Balaban J connectivity index is 1.23. The van der Waals surface area contributed by atoms with E-state index in [1.165, 1.54) is 23.2 Å². The minimum absolute atomic E-state index is 0.00897. The van der Waals surface area contributed by atoms with E-state index in [4.69, 9.17) is 4.74 Å². The van der Waals surface area contributed by atoms with Crippen LogP contribution >= 0.6 is 11.3 Å². The number of halogens is 1. The van der Waals surface area contributed by atoms with Crippen molar-refractivity contribution in [2.45, 2.75) is 100 Å². The van der Waals surface area contributed by atoms with Gasteiger partial charge in [0.1, 0.15) is 34.9 Å².